The molecule has 1 amide bonds. The second kappa shape index (κ2) is 6.97. The van der Waals surface area contributed by atoms with Crippen LogP contribution in [0.5, 0.6) is 0 Å². The smallest absolute Gasteiger partial charge is 0.322 e. The zero-order valence-corrected chi connectivity index (χ0v) is 14.5. The van der Waals surface area contributed by atoms with E-state index in [2.05, 4.69) is 31.4 Å². The number of thioether (sulfide) groups is 1. The molecule has 0 radical (unpaired) electrons. The van der Waals surface area contributed by atoms with E-state index in [1.165, 1.54) is 0 Å². The minimum Gasteiger partial charge on any atom is -0.403 e. The average molecular weight is 390 g/mol. The van der Waals surface area contributed by atoms with Crippen LogP contribution in [-0.4, -0.2) is 22.4 Å². The van der Waals surface area contributed by atoms with Crippen LogP contribution in [0, 0.1) is 0 Å². The molecule has 7 heteroatoms. The third-order valence-electron chi connectivity index (χ3n) is 3.07. The van der Waals surface area contributed by atoms with Crippen molar-refractivity contribution in [2.45, 2.75) is 4.90 Å². The Balaban J connectivity index is 1.76. The quantitative estimate of drug-likeness (QED) is 0.666. The number of carbonyl (C=O) groups is 1. The number of rotatable bonds is 4. The summed E-state index contributed by atoms with van der Waals surface area (Å²) in [5.41, 5.74) is 1.32. The molecule has 1 N–H and O–H groups in total. The molecule has 0 aliphatic carbocycles. The predicted molar refractivity (Wildman–Crippen MR) is 93.6 cm³/mol. The Kier molecular flexibility index (Phi) is 4.78. The first-order valence-corrected chi connectivity index (χ1v) is 8.72. The molecule has 0 saturated carbocycles. The standard InChI is InChI=1S/C16H12BrN3O2S/c1-23-13-4-2-3-11(9-13)15-19-20-16(22-15)18-14(21)10-5-7-12(17)8-6-10/h2-9H,1H3,(H,18,20,21). The van der Waals surface area contributed by atoms with Gasteiger partial charge in [0.25, 0.3) is 5.91 Å². The van der Waals surface area contributed by atoms with Crippen LogP contribution in [0.2, 0.25) is 0 Å². The van der Waals surface area contributed by atoms with Gasteiger partial charge in [0.05, 0.1) is 0 Å². The second-order valence-corrected chi connectivity index (χ2v) is 6.40. The van der Waals surface area contributed by atoms with E-state index < -0.39 is 0 Å². The second-order valence-electron chi connectivity index (χ2n) is 4.61. The Bertz CT molecular complexity index is 833. The van der Waals surface area contributed by atoms with Crippen molar-refractivity contribution in [2.75, 3.05) is 11.6 Å². The zero-order chi connectivity index (χ0) is 16.2. The number of carbonyl (C=O) groups excluding carboxylic acids is 1. The first-order valence-electron chi connectivity index (χ1n) is 6.70. The fourth-order valence-electron chi connectivity index (χ4n) is 1.92. The number of benzene rings is 2. The van der Waals surface area contributed by atoms with Crippen LogP contribution in [0.15, 0.2) is 62.3 Å². The van der Waals surface area contributed by atoms with E-state index >= 15 is 0 Å². The normalized spacial score (nSPS) is 10.5. The monoisotopic (exact) mass is 389 g/mol. The molecule has 0 aliphatic rings. The lowest BCUT2D eigenvalue weighted by atomic mass is 10.2. The molecule has 0 fully saturated rings. The maximum atomic E-state index is 12.1. The minimum atomic E-state index is -0.300. The van der Waals surface area contributed by atoms with Crippen molar-refractivity contribution < 1.29 is 9.21 Å². The number of nitrogens with zero attached hydrogens (tertiary/aromatic N) is 2. The molecule has 116 valence electrons. The Morgan fingerprint density at radius 1 is 1.17 bits per heavy atom. The Labute approximate surface area is 145 Å². The summed E-state index contributed by atoms with van der Waals surface area (Å²) in [5, 5.41) is 10.4. The van der Waals surface area contributed by atoms with Crippen molar-refractivity contribution in [3.63, 3.8) is 0 Å². The first kappa shape index (κ1) is 15.8. The fourth-order valence-corrected chi connectivity index (χ4v) is 2.64. The molecule has 23 heavy (non-hydrogen) atoms. The number of hydrogen-bond acceptors (Lipinski definition) is 5. The fraction of sp³-hybridized carbons (Fsp3) is 0.0625. The topological polar surface area (TPSA) is 68.0 Å². The van der Waals surface area contributed by atoms with Crippen LogP contribution in [0.4, 0.5) is 6.01 Å². The molecule has 0 unspecified atom stereocenters. The van der Waals surface area contributed by atoms with E-state index in [0.29, 0.717) is 11.5 Å². The summed E-state index contributed by atoms with van der Waals surface area (Å²) in [5.74, 6) is 0.0672. The molecular formula is C16H12BrN3O2S. The Morgan fingerprint density at radius 3 is 2.70 bits per heavy atom. The van der Waals surface area contributed by atoms with Crippen molar-refractivity contribution in [3.8, 4) is 11.5 Å². The third kappa shape index (κ3) is 3.80. The summed E-state index contributed by atoms with van der Waals surface area (Å²) in [4.78, 5) is 13.2. The Morgan fingerprint density at radius 2 is 1.96 bits per heavy atom. The summed E-state index contributed by atoms with van der Waals surface area (Å²) in [7, 11) is 0. The summed E-state index contributed by atoms with van der Waals surface area (Å²) in [6, 6.07) is 14.8. The van der Waals surface area contributed by atoms with Gasteiger partial charge in [-0.15, -0.1) is 16.9 Å². The van der Waals surface area contributed by atoms with E-state index in [1.807, 2.05) is 30.5 Å². The predicted octanol–water partition coefficient (Wildman–Crippen LogP) is 4.47. The molecule has 2 aromatic carbocycles. The summed E-state index contributed by atoms with van der Waals surface area (Å²) in [6.45, 7) is 0. The van der Waals surface area contributed by atoms with E-state index in [4.69, 9.17) is 4.42 Å². The molecule has 0 bridgehead atoms. The van der Waals surface area contributed by atoms with Gasteiger partial charge in [0.2, 0.25) is 5.89 Å². The van der Waals surface area contributed by atoms with E-state index in [9.17, 15) is 4.79 Å². The molecule has 1 heterocycles. The molecule has 0 spiro atoms. The van der Waals surface area contributed by atoms with Crippen LogP contribution < -0.4 is 5.32 Å². The molecule has 3 aromatic rings. The molecule has 0 saturated heterocycles. The van der Waals surface area contributed by atoms with Gasteiger partial charge in [-0.1, -0.05) is 27.1 Å². The number of aromatic nitrogens is 2. The molecule has 0 aliphatic heterocycles. The lowest BCUT2D eigenvalue weighted by Gasteiger charge is -2.01. The lowest BCUT2D eigenvalue weighted by Crippen LogP contribution is -2.11. The van der Waals surface area contributed by atoms with Crippen LogP contribution in [0.25, 0.3) is 11.5 Å². The summed E-state index contributed by atoms with van der Waals surface area (Å²) < 4.78 is 6.42. The van der Waals surface area contributed by atoms with E-state index in [-0.39, 0.29) is 11.9 Å². The van der Waals surface area contributed by atoms with Gasteiger partial charge >= 0.3 is 6.01 Å². The van der Waals surface area contributed by atoms with Crippen molar-refractivity contribution in [1.29, 1.82) is 0 Å². The number of anilines is 1. The highest BCUT2D eigenvalue weighted by molar-refractivity contribution is 9.10. The van der Waals surface area contributed by atoms with Gasteiger partial charge in [0, 0.05) is 20.5 Å². The van der Waals surface area contributed by atoms with Crippen LogP contribution in [0.3, 0.4) is 0 Å². The van der Waals surface area contributed by atoms with E-state index in [1.54, 1.807) is 36.0 Å². The molecule has 0 atom stereocenters. The third-order valence-corrected chi connectivity index (χ3v) is 4.32. The summed E-state index contributed by atoms with van der Waals surface area (Å²) in [6.07, 6.45) is 2.00. The maximum Gasteiger partial charge on any atom is 0.322 e. The largest absolute Gasteiger partial charge is 0.403 e. The Hall–Kier alpha value is -2.12. The van der Waals surface area contributed by atoms with Crippen LogP contribution >= 0.6 is 27.7 Å². The average Bonchev–Trinajstić information content (AvgIpc) is 3.04. The summed E-state index contributed by atoms with van der Waals surface area (Å²) >= 11 is 4.96. The van der Waals surface area contributed by atoms with Crippen molar-refractivity contribution in [1.82, 2.24) is 10.2 Å². The van der Waals surface area contributed by atoms with Gasteiger partial charge in [0.15, 0.2) is 0 Å². The number of halogens is 1. The highest BCUT2D eigenvalue weighted by Gasteiger charge is 2.13. The van der Waals surface area contributed by atoms with Gasteiger partial charge in [-0.2, -0.15) is 0 Å². The van der Waals surface area contributed by atoms with Gasteiger partial charge in [-0.05, 0) is 48.7 Å². The highest BCUT2D eigenvalue weighted by atomic mass is 79.9. The molecule has 5 nitrogen and oxygen atoms in total. The minimum absolute atomic E-state index is 0.0717. The van der Waals surface area contributed by atoms with E-state index in [0.717, 1.165) is 14.9 Å². The highest BCUT2D eigenvalue weighted by Crippen LogP contribution is 2.24. The lowest BCUT2D eigenvalue weighted by molar-refractivity contribution is 0.102. The maximum absolute atomic E-state index is 12.1. The van der Waals surface area contributed by atoms with Crippen LogP contribution in [-0.2, 0) is 0 Å². The molecule has 3 rings (SSSR count). The molecular weight excluding hydrogens is 378 g/mol. The van der Waals surface area contributed by atoms with Crippen molar-refractivity contribution in [2.24, 2.45) is 0 Å². The first-order chi connectivity index (χ1) is 11.2. The van der Waals surface area contributed by atoms with Gasteiger partial charge in [0.1, 0.15) is 0 Å². The number of amides is 1. The molecule has 1 aromatic heterocycles. The van der Waals surface area contributed by atoms with Gasteiger partial charge in [-0.25, -0.2) is 0 Å². The van der Waals surface area contributed by atoms with Crippen molar-refractivity contribution in [3.05, 3.63) is 58.6 Å². The zero-order valence-electron chi connectivity index (χ0n) is 12.1. The van der Waals surface area contributed by atoms with Crippen molar-refractivity contribution >= 4 is 39.6 Å². The number of hydrogen-bond donors (Lipinski definition) is 1. The van der Waals surface area contributed by atoms with Gasteiger partial charge < -0.3 is 4.42 Å². The van der Waals surface area contributed by atoms with Gasteiger partial charge in [-0.3, -0.25) is 10.1 Å². The van der Waals surface area contributed by atoms with Crippen LogP contribution in [0.1, 0.15) is 10.4 Å². The number of nitrogens with one attached hydrogen (secondary N) is 1. The SMILES string of the molecule is CSc1cccc(-c2nnc(NC(=O)c3ccc(Br)cc3)o2)c1.